The summed E-state index contributed by atoms with van der Waals surface area (Å²) in [6.45, 7) is 1.05. The van der Waals surface area contributed by atoms with E-state index in [1.807, 2.05) is 0 Å². The number of hydrogen-bond acceptors (Lipinski definition) is 6. The Morgan fingerprint density at radius 2 is 1.92 bits per heavy atom. The maximum atomic E-state index is 12.5. The fourth-order valence-corrected chi connectivity index (χ4v) is 3.66. The van der Waals surface area contributed by atoms with Crippen molar-refractivity contribution in [2.24, 2.45) is 0 Å². The molecule has 0 amide bonds. The maximum absolute atomic E-state index is 12.5. The highest BCUT2D eigenvalue weighted by atomic mass is 32.2. The van der Waals surface area contributed by atoms with Crippen LogP contribution in [0, 0.1) is 10.1 Å². The Bertz CT molecular complexity index is 876. The summed E-state index contributed by atoms with van der Waals surface area (Å²) < 4.78 is 38.7. The number of hydrogen-bond donors (Lipinski definition) is 1. The molecule has 8 nitrogen and oxygen atoms in total. The summed E-state index contributed by atoms with van der Waals surface area (Å²) >= 11 is 0. The van der Waals surface area contributed by atoms with E-state index in [2.05, 4.69) is 4.72 Å². The van der Waals surface area contributed by atoms with Crippen LogP contribution in [0.25, 0.3) is 0 Å². The van der Waals surface area contributed by atoms with E-state index in [9.17, 15) is 18.5 Å². The SMILES string of the molecule is O=[N+]([O-])c1ccc(S(=O)(=O)Nc2ccccc2OCC2CCCO2)cc1. The molecule has 0 bridgehead atoms. The van der Waals surface area contributed by atoms with Gasteiger partial charge in [-0.25, -0.2) is 8.42 Å². The first-order valence-corrected chi connectivity index (χ1v) is 9.55. The summed E-state index contributed by atoms with van der Waals surface area (Å²) in [6.07, 6.45) is 1.91. The normalized spacial score (nSPS) is 17.0. The molecule has 0 radical (unpaired) electrons. The molecule has 2 aromatic rings. The number of benzene rings is 2. The quantitative estimate of drug-likeness (QED) is 0.586. The third-order valence-corrected chi connectivity index (χ3v) is 5.32. The number of nitro benzene ring substituents is 1. The van der Waals surface area contributed by atoms with Gasteiger partial charge in [0.15, 0.2) is 0 Å². The van der Waals surface area contributed by atoms with E-state index in [-0.39, 0.29) is 16.7 Å². The van der Waals surface area contributed by atoms with Crippen LogP contribution in [0.3, 0.4) is 0 Å². The minimum Gasteiger partial charge on any atom is -0.489 e. The van der Waals surface area contributed by atoms with Gasteiger partial charge >= 0.3 is 0 Å². The predicted molar refractivity (Wildman–Crippen MR) is 94.8 cm³/mol. The molecule has 1 aliphatic rings. The van der Waals surface area contributed by atoms with Crippen molar-refractivity contribution in [3.05, 3.63) is 58.6 Å². The number of rotatable bonds is 7. The molecule has 26 heavy (non-hydrogen) atoms. The van der Waals surface area contributed by atoms with Crippen LogP contribution in [-0.4, -0.2) is 32.7 Å². The Hall–Kier alpha value is -2.65. The lowest BCUT2D eigenvalue weighted by Crippen LogP contribution is -2.18. The molecule has 1 atom stereocenters. The van der Waals surface area contributed by atoms with Gasteiger partial charge in [-0.1, -0.05) is 12.1 Å². The molecule has 138 valence electrons. The summed E-state index contributed by atoms with van der Waals surface area (Å²) in [4.78, 5) is 10.0. The number of anilines is 1. The number of sulfonamides is 1. The van der Waals surface area contributed by atoms with Gasteiger partial charge in [-0.3, -0.25) is 14.8 Å². The molecule has 3 rings (SSSR count). The first-order valence-electron chi connectivity index (χ1n) is 8.06. The number of nitrogens with zero attached hydrogens (tertiary/aromatic N) is 1. The fraction of sp³-hybridized carbons (Fsp3) is 0.294. The third kappa shape index (κ3) is 4.30. The Morgan fingerprint density at radius 1 is 1.19 bits per heavy atom. The summed E-state index contributed by atoms with van der Waals surface area (Å²) in [6, 6.07) is 11.4. The Kier molecular flexibility index (Phi) is 5.38. The monoisotopic (exact) mass is 378 g/mol. The molecule has 1 N–H and O–H groups in total. The van der Waals surface area contributed by atoms with Crippen molar-refractivity contribution in [2.45, 2.75) is 23.8 Å². The fourth-order valence-electron chi connectivity index (χ4n) is 2.59. The van der Waals surface area contributed by atoms with Crippen LogP contribution in [0.2, 0.25) is 0 Å². The van der Waals surface area contributed by atoms with Gasteiger partial charge in [0, 0.05) is 18.7 Å². The molecular formula is C17H18N2O6S. The largest absolute Gasteiger partial charge is 0.489 e. The van der Waals surface area contributed by atoms with E-state index in [0.29, 0.717) is 24.7 Å². The smallest absolute Gasteiger partial charge is 0.269 e. The van der Waals surface area contributed by atoms with Crippen LogP contribution < -0.4 is 9.46 Å². The van der Waals surface area contributed by atoms with E-state index in [0.717, 1.165) is 25.0 Å². The number of non-ortho nitro benzene ring substituents is 1. The third-order valence-electron chi connectivity index (χ3n) is 3.94. The number of ether oxygens (including phenoxy) is 2. The van der Waals surface area contributed by atoms with Crippen molar-refractivity contribution in [2.75, 3.05) is 17.9 Å². The number of nitro groups is 1. The van der Waals surface area contributed by atoms with Crippen molar-refractivity contribution in [1.82, 2.24) is 0 Å². The standard InChI is InChI=1S/C17H18N2O6S/c20-19(21)13-7-9-15(10-8-13)26(22,23)18-16-5-1-2-6-17(16)25-12-14-4-3-11-24-14/h1-2,5-10,14,18H,3-4,11-12H2. The lowest BCUT2D eigenvalue weighted by Gasteiger charge is -2.15. The van der Waals surface area contributed by atoms with Crippen molar-refractivity contribution < 1.29 is 22.8 Å². The lowest BCUT2D eigenvalue weighted by atomic mass is 10.2. The van der Waals surface area contributed by atoms with Gasteiger partial charge in [0.25, 0.3) is 15.7 Å². The van der Waals surface area contributed by atoms with Crippen LogP contribution in [0.5, 0.6) is 5.75 Å². The number of para-hydroxylation sites is 2. The lowest BCUT2D eigenvalue weighted by molar-refractivity contribution is -0.384. The summed E-state index contributed by atoms with van der Waals surface area (Å²) in [7, 11) is -3.90. The van der Waals surface area contributed by atoms with Crippen molar-refractivity contribution in [1.29, 1.82) is 0 Å². The van der Waals surface area contributed by atoms with E-state index in [1.54, 1.807) is 24.3 Å². The van der Waals surface area contributed by atoms with E-state index in [1.165, 1.54) is 12.1 Å². The Balaban J connectivity index is 1.75. The summed E-state index contributed by atoms with van der Waals surface area (Å²) in [5, 5.41) is 10.7. The van der Waals surface area contributed by atoms with Crippen molar-refractivity contribution in [3.8, 4) is 5.75 Å². The predicted octanol–water partition coefficient (Wildman–Crippen LogP) is 2.95. The van der Waals surface area contributed by atoms with Crippen LogP contribution >= 0.6 is 0 Å². The van der Waals surface area contributed by atoms with Crippen molar-refractivity contribution >= 4 is 21.4 Å². The highest BCUT2D eigenvalue weighted by Gasteiger charge is 2.20. The second-order valence-corrected chi connectivity index (χ2v) is 7.48. The first kappa shape index (κ1) is 18.2. The molecule has 0 aromatic heterocycles. The van der Waals surface area contributed by atoms with Gasteiger partial charge in [-0.05, 0) is 37.1 Å². The molecule has 0 saturated carbocycles. The van der Waals surface area contributed by atoms with E-state index < -0.39 is 14.9 Å². The number of nitrogens with one attached hydrogen (secondary N) is 1. The van der Waals surface area contributed by atoms with Gasteiger partial charge in [0.1, 0.15) is 12.4 Å². The van der Waals surface area contributed by atoms with Gasteiger partial charge in [-0.2, -0.15) is 0 Å². The maximum Gasteiger partial charge on any atom is 0.269 e. The minimum atomic E-state index is -3.90. The molecule has 0 aliphatic carbocycles. The molecule has 1 fully saturated rings. The van der Waals surface area contributed by atoms with Crippen LogP contribution in [-0.2, 0) is 14.8 Å². The van der Waals surface area contributed by atoms with Crippen LogP contribution in [0.15, 0.2) is 53.4 Å². The highest BCUT2D eigenvalue weighted by molar-refractivity contribution is 7.92. The van der Waals surface area contributed by atoms with Crippen LogP contribution in [0.4, 0.5) is 11.4 Å². The average molecular weight is 378 g/mol. The van der Waals surface area contributed by atoms with Gasteiger partial charge < -0.3 is 9.47 Å². The van der Waals surface area contributed by atoms with Crippen molar-refractivity contribution in [3.63, 3.8) is 0 Å². The zero-order valence-electron chi connectivity index (χ0n) is 13.8. The zero-order valence-corrected chi connectivity index (χ0v) is 14.6. The molecule has 1 heterocycles. The van der Waals surface area contributed by atoms with Gasteiger partial charge in [0.05, 0.1) is 21.6 Å². The molecular weight excluding hydrogens is 360 g/mol. The molecule has 2 aromatic carbocycles. The molecule has 1 aliphatic heterocycles. The summed E-state index contributed by atoms with van der Waals surface area (Å²) in [5.74, 6) is 0.397. The molecule has 0 spiro atoms. The average Bonchev–Trinajstić information content (AvgIpc) is 3.14. The molecule has 1 unspecified atom stereocenters. The zero-order chi connectivity index (χ0) is 18.6. The Morgan fingerprint density at radius 3 is 2.58 bits per heavy atom. The first-order chi connectivity index (χ1) is 12.5. The molecule has 1 saturated heterocycles. The van der Waals surface area contributed by atoms with Gasteiger partial charge in [-0.15, -0.1) is 0 Å². The second-order valence-electron chi connectivity index (χ2n) is 5.80. The van der Waals surface area contributed by atoms with Gasteiger partial charge in [0.2, 0.25) is 0 Å². The Labute approximate surface area is 150 Å². The topological polar surface area (TPSA) is 108 Å². The van der Waals surface area contributed by atoms with E-state index >= 15 is 0 Å². The molecule has 9 heteroatoms. The highest BCUT2D eigenvalue weighted by Crippen LogP contribution is 2.28. The second kappa shape index (κ2) is 7.71. The summed E-state index contributed by atoms with van der Waals surface area (Å²) in [5.41, 5.74) is 0.119. The van der Waals surface area contributed by atoms with Crippen LogP contribution in [0.1, 0.15) is 12.8 Å². The minimum absolute atomic E-state index is 0.00864. The van der Waals surface area contributed by atoms with E-state index in [4.69, 9.17) is 9.47 Å².